The van der Waals surface area contributed by atoms with Crippen LogP contribution >= 0.6 is 0 Å². The molecule has 0 fully saturated rings. The molecule has 0 unspecified atom stereocenters. The molecule has 0 saturated carbocycles. The fraction of sp³-hybridized carbons (Fsp3) is 0.0833. The summed E-state index contributed by atoms with van der Waals surface area (Å²) in [5.41, 5.74) is 5.61. The van der Waals surface area contributed by atoms with Gasteiger partial charge in [-0.3, -0.25) is 9.59 Å². The third-order valence-corrected chi connectivity index (χ3v) is 1.79. The van der Waals surface area contributed by atoms with E-state index in [1.807, 2.05) is 0 Å². The van der Waals surface area contributed by atoms with E-state index in [4.69, 9.17) is 11.0 Å². The van der Waals surface area contributed by atoms with Crippen molar-refractivity contribution in [2.24, 2.45) is 5.73 Å². The number of nitrogens with two attached hydrogens (primary N) is 1. The molecule has 0 spiro atoms. The first-order valence-electron chi connectivity index (χ1n) is 4.45. The number of carbonyl (C=O) groups is 2. The van der Waals surface area contributed by atoms with Gasteiger partial charge in [-0.05, 0) is 6.07 Å². The molecule has 0 saturated heterocycles. The first kappa shape index (κ1) is 11.5. The Hall–Kier alpha value is -2.59. The Kier molecular flexibility index (Phi) is 3.83. The molecule has 1 aromatic carbocycles. The van der Waals surface area contributed by atoms with Gasteiger partial charge in [0.1, 0.15) is 0 Å². The van der Waals surface area contributed by atoms with Gasteiger partial charge in [0.15, 0.2) is 5.78 Å². The maximum Gasteiger partial charge on any atom is 0.293 e. The Labute approximate surface area is 92.7 Å². The Bertz CT molecular complexity index is 530. The van der Waals surface area contributed by atoms with Gasteiger partial charge < -0.3 is 5.73 Å². The summed E-state index contributed by atoms with van der Waals surface area (Å²) in [6, 6.07) is 8.28. The summed E-state index contributed by atoms with van der Waals surface area (Å²) < 4.78 is 0. The van der Waals surface area contributed by atoms with Crippen molar-refractivity contribution >= 4 is 11.7 Å². The van der Waals surface area contributed by atoms with Gasteiger partial charge in [-0.1, -0.05) is 24.1 Å². The minimum atomic E-state index is -0.762. The molecule has 0 aliphatic carbocycles. The second-order valence-corrected chi connectivity index (χ2v) is 2.92. The van der Waals surface area contributed by atoms with Crippen LogP contribution in [0.25, 0.3) is 0 Å². The van der Waals surface area contributed by atoms with E-state index in [2.05, 4.69) is 11.8 Å². The predicted molar refractivity (Wildman–Crippen MR) is 57.1 cm³/mol. The van der Waals surface area contributed by atoms with Gasteiger partial charge in [0.05, 0.1) is 12.5 Å². The lowest BCUT2D eigenvalue weighted by atomic mass is 10.0. The van der Waals surface area contributed by atoms with E-state index < -0.39 is 5.91 Å². The monoisotopic (exact) mass is 212 g/mol. The van der Waals surface area contributed by atoms with Crippen LogP contribution < -0.4 is 5.73 Å². The van der Waals surface area contributed by atoms with Crippen LogP contribution in [0.1, 0.15) is 22.3 Å². The number of Topliss-reactive ketones (excluding diaryl/α,β-unsaturated/α-hetero) is 1. The van der Waals surface area contributed by atoms with Crippen molar-refractivity contribution in [2.45, 2.75) is 6.42 Å². The SMILES string of the molecule is N#CCC(=O)c1ccccc1C#CC(N)=O. The van der Waals surface area contributed by atoms with Crippen molar-refractivity contribution in [1.29, 1.82) is 5.26 Å². The zero-order valence-corrected chi connectivity index (χ0v) is 8.36. The fourth-order valence-electron chi connectivity index (χ4n) is 1.13. The Morgan fingerprint density at radius 3 is 2.62 bits per heavy atom. The summed E-state index contributed by atoms with van der Waals surface area (Å²) in [7, 11) is 0. The second-order valence-electron chi connectivity index (χ2n) is 2.92. The maximum atomic E-state index is 11.5. The molecule has 1 amide bonds. The first-order chi connectivity index (χ1) is 7.65. The quantitative estimate of drug-likeness (QED) is 0.576. The van der Waals surface area contributed by atoms with Gasteiger partial charge in [-0.2, -0.15) is 5.26 Å². The third kappa shape index (κ3) is 2.97. The van der Waals surface area contributed by atoms with Crippen LogP contribution in [-0.2, 0) is 4.79 Å². The highest BCUT2D eigenvalue weighted by atomic mass is 16.1. The van der Waals surface area contributed by atoms with Crippen LogP contribution in [0.5, 0.6) is 0 Å². The highest BCUT2D eigenvalue weighted by Crippen LogP contribution is 2.09. The zero-order chi connectivity index (χ0) is 12.0. The van der Waals surface area contributed by atoms with E-state index in [-0.39, 0.29) is 12.2 Å². The van der Waals surface area contributed by atoms with Gasteiger partial charge in [-0.15, -0.1) is 0 Å². The van der Waals surface area contributed by atoms with Crippen molar-refractivity contribution in [2.75, 3.05) is 0 Å². The number of nitrogens with zero attached hydrogens (tertiary/aromatic N) is 1. The highest BCUT2D eigenvalue weighted by molar-refractivity contribution is 6.00. The summed E-state index contributed by atoms with van der Waals surface area (Å²) >= 11 is 0. The molecule has 0 atom stereocenters. The largest absolute Gasteiger partial charge is 0.359 e. The van der Waals surface area contributed by atoms with Gasteiger partial charge in [0.2, 0.25) is 0 Å². The van der Waals surface area contributed by atoms with Crippen molar-refractivity contribution in [3.05, 3.63) is 35.4 Å². The minimum Gasteiger partial charge on any atom is -0.359 e. The predicted octanol–water partition coefficient (Wildman–Crippen LogP) is 0.620. The number of hydrogen-bond acceptors (Lipinski definition) is 3. The number of nitriles is 1. The molecule has 0 aliphatic rings. The van der Waals surface area contributed by atoms with Crippen molar-refractivity contribution in [1.82, 2.24) is 0 Å². The topological polar surface area (TPSA) is 83.9 Å². The van der Waals surface area contributed by atoms with Crippen LogP contribution in [0.4, 0.5) is 0 Å². The number of hydrogen-bond donors (Lipinski definition) is 1. The lowest BCUT2D eigenvalue weighted by Gasteiger charge is -1.99. The molecule has 4 heteroatoms. The first-order valence-corrected chi connectivity index (χ1v) is 4.45. The third-order valence-electron chi connectivity index (χ3n) is 1.79. The van der Waals surface area contributed by atoms with E-state index in [9.17, 15) is 9.59 Å². The maximum absolute atomic E-state index is 11.5. The molecule has 0 aromatic heterocycles. The minimum absolute atomic E-state index is 0.213. The van der Waals surface area contributed by atoms with Gasteiger partial charge in [-0.25, -0.2) is 0 Å². The number of ketones is 1. The Balaban J connectivity index is 3.13. The lowest BCUT2D eigenvalue weighted by Crippen LogP contribution is -2.07. The Morgan fingerprint density at radius 2 is 2.00 bits per heavy atom. The summed E-state index contributed by atoms with van der Waals surface area (Å²) in [5, 5.41) is 8.43. The normalized spacial score (nSPS) is 8.44. The molecule has 78 valence electrons. The Morgan fingerprint density at radius 1 is 1.31 bits per heavy atom. The van der Waals surface area contributed by atoms with Crippen molar-refractivity contribution in [3.63, 3.8) is 0 Å². The van der Waals surface area contributed by atoms with Crippen LogP contribution in [-0.4, -0.2) is 11.7 Å². The number of amides is 1. The standard InChI is InChI=1S/C12H8N2O2/c13-8-7-11(15)10-4-2-1-3-9(10)5-6-12(14)16/h1-4H,7H2,(H2,14,16). The molecular weight excluding hydrogens is 204 g/mol. The van der Waals surface area contributed by atoms with Gasteiger partial charge >= 0.3 is 0 Å². The molecule has 0 radical (unpaired) electrons. The van der Waals surface area contributed by atoms with Crippen LogP contribution in [0.3, 0.4) is 0 Å². The molecular formula is C12H8N2O2. The van der Waals surface area contributed by atoms with E-state index >= 15 is 0 Å². The molecule has 16 heavy (non-hydrogen) atoms. The number of carbonyl (C=O) groups excluding carboxylic acids is 2. The number of rotatable bonds is 2. The summed E-state index contributed by atoms with van der Waals surface area (Å²) in [5.74, 6) is 3.57. The molecule has 0 heterocycles. The van der Waals surface area contributed by atoms with Crippen LogP contribution in [0, 0.1) is 23.2 Å². The molecule has 4 nitrogen and oxygen atoms in total. The second kappa shape index (κ2) is 5.33. The van der Waals surface area contributed by atoms with Crippen molar-refractivity contribution in [3.8, 4) is 17.9 Å². The fourth-order valence-corrected chi connectivity index (χ4v) is 1.13. The summed E-state index contributed by atoms with van der Waals surface area (Å²) in [6.45, 7) is 0. The summed E-state index contributed by atoms with van der Waals surface area (Å²) in [4.78, 5) is 22.0. The lowest BCUT2D eigenvalue weighted by molar-refractivity contribution is -0.112. The zero-order valence-electron chi connectivity index (χ0n) is 8.36. The van der Waals surface area contributed by atoms with E-state index in [0.717, 1.165) is 0 Å². The van der Waals surface area contributed by atoms with Crippen LogP contribution in [0.2, 0.25) is 0 Å². The number of primary amides is 1. The highest BCUT2D eigenvalue weighted by Gasteiger charge is 2.08. The molecule has 0 aliphatic heterocycles. The van der Waals surface area contributed by atoms with E-state index in [0.29, 0.717) is 11.1 Å². The smallest absolute Gasteiger partial charge is 0.293 e. The van der Waals surface area contributed by atoms with Gasteiger partial charge in [0.25, 0.3) is 5.91 Å². The average molecular weight is 212 g/mol. The molecule has 1 rings (SSSR count). The molecule has 2 N–H and O–H groups in total. The van der Waals surface area contributed by atoms with Crippen molar-refractivity contribution < 1.29 is 9.59 Å². The number of benzene rings is 1. The van der Waals surface area contributed by atoms with E-state index in [1.54, 1.807) is 30.3 Å². The molecule has 0 bridgehead atoms. The van der Waals surface area contributed by atoms with E-state index in [1.165, 1.54) is 0 Å². The summed E-state index contributed by atoms with van der Waals surface area (Å²) in [6.07, 6.45) is -0.213. The molecule has 1 aromatic rings. The van der Waals surface area contributed by atoms with Gasteiger partial charge in [0, 0.05) is 17.0 Å². The van der Waals surface area contributed by atoms with Crippen LogP contribution in [0.15, 0.2) is 24.3 Å². The average Bonchev–Trinajstić information content (AvgIpc) is 2.27.